The first-order valence-corrected chi connectivity index (χ1v) is 3.58. The number of aryl methyl sites for hydroxylation is 1. The predicted octanol–water partition coefficient (Wildman–Crippen LogP) is 1.50. The Labute approximate surface area is 58.3 Å². The lowest BCUT2D eigenvalue weighted by atomic mass is 10.2. The highest BCUT2D eigenvalue weighted by Gasteiger charge is 2.05. The molecule has 1 unspecified atom stereocenters. The van der Waals surface area contributed by atoms with Crippen molar-refractivity contribution in [2.24, 2.45) is 0 Å². The van der Waals surface area contributed by atoms with Crippen LogP contribution in [0.1, 0.15) is 23.5 Å². The number of hydrogen-bond acceptors (Lipinski definition) is 3. The van der Waals surface area contributed by atoms with Crippen molar-refractivity contribution in [3.63, 3.8) is 0 Å². The van der Waals surface area contributed by atoms with E-state index in [4.69, 9.17) is 5.11 Å². The molecule has 0 aliphatic heterocycles. The van der Waals surface area contributed by atoms with Crippen LogP contribution < -0.4 is 0 Å². The Morgan fingerprint density at radius 2 is 2.44 bits per heavy atom. The summed E-state index contributed by atoms with van der Waals surface area (Å²) in [5, 5.41) is 9.06. The van der Waals surface area contributed by atoms with Crippen LogP contribution >= 0.6 is 11.5 Å². The fourth-order valence-electron chi connectivity index (χ4n) is 0.704. The lowest BCUT2D eigenvalue weighted by molar-refractivity contribution is 0.202. The van der Waals surface area contributed by atoms with Gasteiger partial charge in [0.25, 0.3) is 0 Å². The summed E-state index contributed by atoms with van der Waals surface area (Å²) in [7, 11) is 0. The highest BCUT2D eigenvalue weighted by atomic mass is 32.1. The number of aliphatic hydroxyl groups is 1. The summed E-state index contributed by atoms with van der Waals surface area (Å²) in [6, 6.07) is 0. The van der Waals surface area contributed by atoms with E-state index in [1.165, 1.54) is 11.5 Å². The molecule has 2 nitrogen and oxygen atoms in total. The molecule has 1 heterocycles. The Morgan fingerprint density at radius 1 is 1.78 bits per heavy atom. The molecule has 0 spiro atoms. The summed E-state index contributed by atoms with van der Waals surface area (Å²) in [4.78, 5) is 0.968. The van der Waals surface area contributed by atoms with Gasteiger partial charge in [-0.2, -0.15) is 0 Å². The van der Waals surface area contributed by atoms with Crippen LogP contribution in [0.4, 0.5) is 0 Å². The van der Waals surface area contributed by atoms with Gasteiger partial charge in [0, 0.05) is 6.20 Å². The number of aromatic nitrogens is 1. The molecule has 50 valence electrons. The third-order valence-corrected chi connectivity index (χ3v) is 2.24. The first-order chi connectivity index (χ1) is 4.22. The van der Waals surface area contributed by atoms with Gasteiger partial charge in [0.2, 0.25) is 0 Å². The van der Waals surface area contributed by atoms with Crippen LogP contribution in [0.5, 0.6) is 0 Å². The van der Waals surface area contributed by atoms with Crippen molar-refractivity contribution in [1.29, 1.82) is 0 Å². The molecular weight excluding hydrogens is 134 g/mol. The van der Waals surface area contributed by atoms with E-state index in [9.17, 15) is 0 Å². The van der Waals surface area contributed by atoms with Gasteiger partial charge in [-0.15, -0.1) is 0 Å². The van der Waals surface area contributed by atoms with E-state index in [1.807, 2.05) is 6.92 Å². The number of hydrogen-bond donors (Lipinski definition) is 1. The molecule has 0 aromatic carbocycles. The highest BCUT2D eigenvalue weighted by molar-refractivity contribution is 7.05. The summed E-state index contributed by atoms with van der Waals surface area (Å²) in [5.41, 5.74) is 1.08. The Bertz CT molecular complexity index is 195. The highest BCUT2D eigenvalue weighted by Crippen LogP contribution is 2.19. The molecule has 1 rings (SSSR count). The van der Waals surface area contributed by atoms with Gasteiger partial charge in [-0.05, 0) is 30.9 Å². The Hall–Kier alpha value is -0.410. The second-order valence-corrected chi connectivity index (χ2v) is 2.88. The molecule has 9 heavy (non-hydrogen) atoms. The molecule has 0 aliphatic rings. The van der Waals surface area contributed by atoms with Crippen molar-refractivity contribution >= 4 is 11.5 Å². The maximum atomic E-state index is 9.06. The zero-order valence-corrected chi connectivity index (χ0v) is 6.27. The molecular formula is C6H9NOS. The van der Waals surface area contributed by atoms with E-state index in [1.54, 1.807) is 13.1 Å². The minimum absolute atomic E-state index is 0.363. The number of rotatable bonds is 1. The molecule has 0 saturated carbocycles. The standard InChI is InChI=1S/C6H9NOS/c1-4-3-7-9-6(4)5(2)8/h3,5,8H,1-2H3. The number of nitrogens with zero attached hydrogens (tertiary/aromatic N) is 1. The van der Waals surface area contributed by atoms with Gasteiger partial charge in [-0.3, -0.25) is 0 Å². The molecule has 0 bridgehead atoms. The van der Waals surface area contributed by atoms with Crippen molar-refractivity contribution in [3.8, 4) is 0 Å². The molecule has 0 radical (unpaired) electrons. The van der Waals surface area contributed by atoms with Crippen molar-refractivity contribution in [2.45, 2.75) is 20.0 Å². The van der Waals surface area contributed by atoms with Crippen molar-refractivity contribution < 1.29 is 5.11 Å². The third kappa shape index (κ3) is 1.28. The van der Waals surface area contributed by atoms with Gasteiger partial charge in [0.1, 0.15) is 0 Å². The smallest absolute Gasteiger partial charge is 0.0872 e. The number of aliphatic hydroxyl groups excluding tert-OH is 1. The van der Waals surface area contributed by atoms with Gasteiger partial charge in [0.05, 0.1) is 11.0 Å². The van der Waals surface area contributed by atoms with Crippen LogP contribution in [0, 0.1) is 6.92 Å². The van der Waals surface area contributed by atoms with Crippen molar-refractivity contribution in [3.05, 3.63) is 16.6 Å². The van der Waals surface area contributed by atoms with E-state index >= 15 is 0 Å². The lowest BCUT2D eigenvalue weighted by Crippen LogP contribution is -1.87. The zero-order valence-electron chi connectivity index (χ0n) is 5.46. The Morgan fingerprint density at radius 3 is 2.67 bits per heavy atom. The largest absolute Gasteiger partial charge is 0.388 e. The first kappa shape index (κ1) is 6.71. The summed E-state index contributed by atoms with van der Waals surface area (Å²) in [6.45, 7) is 3.70. The lowest BCUT2D eigenvalue weighted by Gasteiger charge is -1.98. The molecule has 0 saturated heterocycles. The third-order valence-electron chi connectivity index (χ3n) is 1.17. The fraction of sp³-hybridized carbons (Fsp3) is 0.500. The molecule has 1 N–H and O–H groups in total. The molecule has 0 fully saturated rings. The van der Waals surface area contributed by atoms with E-state index in [0.717, 1.165) is 10.4 Å². The first-order valence-electron chi connectivity index (χ1n) is 2.81. The average Bonchev–Trinajstić information content (AvgIpc) is 2.13. The minimum atomic E-state index is -0.363. The fourth-order valence-corrected chi connectivity index (χ4v) is 1.38. The van der Waals surface area contributed by atoms with Gasteiger partial charge in [0.15, 0.2) is 0 Å². The van der Waals surface area contributed by atoms with Crippen LogP contribution in [0.15, 0.2) is 6.20 Å². The van der Waals surface area contributed by atoms with E-state index in [0.29, 0.717) is 0 Å². The van der Waals surface area contributed by atoms with E-state index in [2.05, 4.69) is 4.37 Å². The molecule has 0 aliphatic carbocycles. The summed E-state index contributed by atoms with van der Waals surface area (Å²) < 4.78 is 3.92. The summed E-state index contributed by atoms with van der Waals surface area (Å²) in [5.74, 6) is 0. The van der Waals surface area contributed by atoms with Crippen LogP contribution in [0.25, 0.3) is 0 Å². The second kappa shape index (κ2) is 2.45. The van der Waals surface area contributed by atoms with E-state index < -0.39 is 0 Å². The average molecular weight is 143 g/mol. The SMILES string of the molecule is Cc1cnsc1C(C)O. The molecule has 1 aromatic heterocycles. The van der Waals surface area contributed by atoms with Crippen molar-refractivity contribution in [1.82, 2.24) is 4.37 Å². The molecule has 1 atom stereocenters. The van der Waals surface area contributed by atoms with Crippen LogP contribution in [-0.2, 0) is 0 Å². The van der Waals surface area contributed by atoms with Crippen LogP contribution in [0.2, 0.25) is 0 Å². The zero-order chi connectivity index (χ0) is 6.85. The van der Waals surface area contributed by atoms with Gasteiger partial charge < -0.3 is 5.11 Å². The van der Waals surface area contributed by atoms with Gasteiger partial charge in [-0.1, -0.05) is 0 Å². The quantitative estimate of drug-likeness (QED) is 0.646. The minimum Gasteiger partial charge on any atom is -0.388 e. The molecule has 1 aromatic rings. The maximum absolute atomic E-state index is 9.06. The maximum Gasteiger partial charge on any atom is 0.0872 e. The van der Waals surface area contributed by atoms with Crippen LogP contribution in [-0.4, -0.2) is 9.48 Å². The Kier molecular flexibility index (Phi) is 1.83. The normalized spacial score (nSPS) is 13.7. The molecule has 0 amide bonds. The summed E-state index contributed by atoms with van der Waals surface area (Å²) in [6.07, 6.45) is 1.41. The van der Waals surface area contributed by atoms with Gasteiger partial charge in [-0.25, -0.2) is 4.37 Å². The summed E-state index contributed by atoms with van der Waals surface area (Å²) >= 11 is 1.36. The molecule has 3 heteroatoms. The van der Waals surface area contributed by atoms with Crippen molar-refractivity contribution in [2.75, 3.05) is 0 Å². The van der Waals surface area contributed by atoms with E-state index in [-0.39, 0.29) is 6.10 Å². The predicted molar refractivity (Wildman–Crippen MR) is 37.5 cm³/mol. The van der Waals surface area contributed by atoms with Gasteiger partial charge >= 0.3 is 0 Å². The van der Waals surface area contributed by atoms with Crippen LogP contribution in [0.3, 0.4) is 0 Å². The topological polar surface area (TPSA) is 33.1 Å². The monoisotopic (exact) mass is 143 g/mol. The Balaban J connectivity index is 2.94. The second-order valence-electron chi connectivity index (χ2n) is 2.05.